The van der Waals surface area contributed by atoms with Crippen LogP contribution in [0.25, 0.3) is 0 Å². The summed E-state index contributed by atoms with van der Waals surface area (Å²) in [6.07, 6.45) is 0.974. The first kappa shape index (κ1) is 12.1. The van der Waals surface area contributed by atoms with Crippen molar-refractivity contribution in [2.45, 2.75) is 25.9 Å². The molecule has 2 nitrogen and oxygen atoms in total. The van der Waals surface area contributed by atoms with Crippen molar-refractivity contribution in [1.29, 1.82) is 0 Å². The molecule has 0 saturated heterocycles. The number of halogens is 1. The summed E-state index contributed by atoms with van der Waals surface area (Å²) in [6.45, 7) is 3.29. The summed E-state index contributed by atoms with van der Waals surface area (Å²) >= 11 is 0. The molecule has 1 aromatic carbocycles. The molecule has 15 heavy (non-hydrogen) atoms. The molecule has 0 aliphatic heterocycles. The molecule has 84 valence electrons. The number of rotatable bonds is 6. The summed E-state index contributed by atoms with van der Waals surface area (Å²) in [6, 6.07) is 7.10. The van der Waals surface area contributed by atoms with Gasteiger partial charge < -0.3 is 10.1 Å². The second-order valence-electron chi connectivity index (χ2n) is 3.53. The molecular weight excluding hydrogens is 193 g/mol. The molecule has 1 rings (SSSR count). The van der Waals surface area contributed by atoms with E-state index in [1.807, 2.05) is 6.07 Å². The van der Waals surface area contributed by atoms with Gasteiger partial charge in [0.25, 0.3) is 0 Å². The zero-order valence-electron chi connectivity index (χ0n) is 9.29. The fourth-order valence-electron chi connectivity index (χ4n) is 1.42. The Balaban J connectivity index is 2.45. The van der Waals surface area contributed by atoms with Gasteiger partial charge >= 0.3 is 0 Å². The Morgan fingerprint density at radius 2 is 2.13 bits per heavy atom. The number of hydrogen-bond donors (Lipinski definition) is 1. The lowest BCUT2D eigenvalue weighted by molar-refractivity contribution is 0.163. The van der Waals surface area contributed by atoms with E-state index >= 15 is 0 Å². The standard InChI is InChI=1S/C12H18FNO/c1-3-11(9-15-2)14-8-10-6-4-5-7-12(10)13/h4-7,11,14H,3,8-9H2,1-2H3. The summed E-state index contributed by atoms with van der Waals surface area (Å²) < 4.78 is 18.3. The molecule has 0 aliphatic carbocycles. The Labute approximate surface area is 90.4 Å². The van der Waals surface area contributed by atoms with Gasteiger partial charge in [-0.25, -0.2) is 4.39 Å². The molecule has 0 amide bonds. The summed E-state index contributed by atoms with van der Waals surface area (Å²) in [5.74, 6) is -0.155. The average Bonchev–Trinajstić information content (AvgIpc) is 2.26. The molecule has 1 unspecified atom stereocenters. The third-order valence-electron chi connectivity index (χ3n) is 2.40. The van der Waals surface area contributed by atoms with Crippen LogP contribution in [0.1, 0.15) is 18.9 Å². The first-order chi connectivity index (χ1) is 7.27. The van der Waals surface area contributed by atoms with Crippen LogP contribution in [-0.4, -0.2) is 19.8 Å². The second-order valence-corrected chi connectivity index (χ2v) is 3.53. The molecule has 0 bridgehead atoms. The van der Waals surface area contributed by atoms with Crippen LogP contribution in [0.5, 0.6) is 0 Å². The molecule has 0 heterocycles. The van der Waals surface area contributed by atoms with Crippen LogP contribution in [-0.2, 0) is 11.3 Å². The number of hydrogen-bond acceptors (Lipinski definition) is 2. The van der Waals surface area contributed by atoms with Crippen molar-refractivity contribution < 1.29 is 9.13 Å². The van der Waals surface area contributed by atoms with E-state index in [0.29, 0.717) is 18.7 Å². The lowest BCUT2D eigenvalue weighted by Gasteiger charge is -2.15. The van der Waals surface area contributed by atoms with Crippen molar-refractivity contribution in [1.82, 2.24) is 5.32 Å². The van der Waals surface area contributed by atoms with Crippen LogP contribution in [0.3, 0.4) is 0 Å². The Morgan fingerprint density at radius 3 is 2.73 bits per heavy atom. The van der Waals surface area contributed by atoms with E-state index in [-0.39, 0.29) is 11.9 Å². The molecule has 0 saturated carbocycles. The van der Waals surface area contributed by atoms with Gasteiger partial charge in [0.15, 0.2) is 0 Å². The van der Waals surface area contributed by atoms with Crippen LogP contribution in [0.2, 0.25) is 0 Å². The van der Waals surface area contributed by atoms with E-state index in [4.69, 9.17) is 4.74 Å². The topological polar surface area (TPSA) is 21.3 Å². The third kappa shape index (κ3) is 3.98. The average molecular weight is 211 g/mol. The van der Waals surface area contributed by atoms with E-state index in [1.54, 1.807) is 19.2 Å². The van der Waals surface area contributed by atoms with Gasteiger partial charge in [0.05, 0.1) is 6.61 Å². The van der Waals surface area contributed by atoms with Crippen molar-refractivity contribution in [2.24, 2.45) is 0 Å². The van der Waals surface area contributed by atoms with Crippen molar-refractivity contribution in [3.8, 4) is 0 Å². The molecule has 0 aliphatic rings. The smallest absolute Gasteiger partial charge is 0.127 e. The SMILES string of the molecule is CCC(COC)NCc1ccccc1F. The minimum Gasteiger partial charge on any atom is -0.383 e. The summed E-state index contributed by atoms with van der Waals surface area (Å²) in [7, 11) is 1.67. The van der Waals surface area contributed by atoms with Gasteiger partial charge in [0.2, 0.25) is 0 Å². The van der Waals surface area contributed by atoms with Crippen LogP contribution < -0.4 is 5.32 Å². The lowest BCUT2D eigenvalue weighted by Crippen LogP contribution is -2.32. The van der Waals surface area contributed by atoms with Crippen LogP contribution >= 0.6 is 0 Å². The highest BCUT2D eigenvalue weighted by molar-refractivity contribution is 5.16. The van der Waals surface area contributed by atoms with E-state index in [9.17, 15) is 4.39 Å². The highest BCUT2D eigenvalue weighted by atomic mass is 19.1. The molecular formula is C12H18FNO. The molecule has 1 N–H and O–H groups in total. The maximum Gasteiger partial charge on any atom is 0.127 e. The monoisotopic (exact) mass is 211 g/mol. The van der Waals surface area contributed by atoms with Gasteiger partial charge in [-0.1, -0.05) is 25.1 Å². The van der Waals surface area contributed by atoms with Crippen LogP contribution in [0, 0.1) is 5.82 Å². The first-order valence-electron chi connectivity index (χ1n) is 5.23. The number of benzene rings is 1. The summed E-state index contributed by atoms with van der Waals surface area (Å²) in [5, 5.41) is 3.26. The largest absolute Gasteiger partial charge is 0.383 e. The summed E-state index contributed by atoms with van der Waals surface area (Å²) in [5.41, 5.74) is 0.701. The van der Waals surface area contributed by atoms with E-state index in [2.05, 4.69) is 12.2 Å². The maximum atomic E-state index is 13.3. The van der Waals surface area contributed by atoms with Crippen LogP contribution in [0.15, 0.2) is 24.3 Å². The Bertz CT molecular complexity index is 291. The molecule has 0 radical (unpaired) electrons. The highest BCUT2D eigenvalue weighted by Gasteiger charge is 2.06. The Hall–Kier alpha value is -0.930. The van der Waals surface area contributed by atoms with Gasteiger partial charge in [-0.3, -0.25) is 0 Å². The highest BCUT2D eigenvalue weighted by Crippen LogP contribution is 2.06. The lowest BCUT2D eigenvalue weighted by atomic mass is 10.2. The maximum absolute atomic E-state index is 13.3. The first-order valence-corrected chi connectivity index (χ1v) is 5.23. The summed E-state index contributed by atoms with van der Waals surface area (Å²) in [4.78, 5) is 0. The van der Waals surface area contributed by atoms with Crippen molar-refractivity contribution >= 4 is 0 Å². The normalized spacial score (nSPS) is 12.7. The molecule has 1 atom stereocenters. The molecule has 1 aromatic rings. The van der Waals surface area contributed by atoms with Gasteiger partial charge in [-0.2, -0.15) is 0 Å². The fourth-order valence-corrected chi connectivity index (χ4v) is 1.42. The number of nitrogens with one attached hydrogen (secondary N) is 1. The predicted molar refractivity (Wildman–Crippen MR) is 59.2 cm³/mol. The van der Waals surface area contributed by atoms with E-state index in [1.165, 1.54) is 6.07 Å². The second kappa shape index (κ2) is 6.53. The Morgan fingerprint density at radius 1 is 1.40 bits per heavy atom. The Kier molecular flexibility index (Phi) is 5.29. The van der Waals surface area contributed by atoms with Gasteiger partial charge in [-0.05, 0) is 12.5 Å². The van der Waals surface area contributed by atoms with E-state index < -0.39 is 0 Å². The molecule has 3 heteroatoms. The minimum atomic E-state index is -0.155. The van der Waals surface area contributed by atoms with Gasteiger partial charge in [0, 0.05) is 25.3 Å². The number of methoxy groups -OCH3 is 1. The van der Waals surface area contributed by atoms with Crippen molar-refractivity contribution in [3.05, 3.63) is 35.6 Å². The van der Waals surface area contributed by atoms with Gasteiger partial charge in [-0.15, -0.1) is 0 Å². The number of ether oxygens (including phenoxy) is 1. The van der Waals surface area contributed by atoms with Gasteiger partial charge in [0.1, 0.15) is 5.82 Å². The van der Waals surface area contributed by atoms with E-state index in [0.717, 1.165) is 6.42 Å². The fraction of sp³-hybridized carbons (Fsp3) is 0.500. The predicted octanol–water partition coefficient (Wildman–Crippen LogP) is 2.34. The van der Waals surface area contributed by atoms with Crippen LogP contribution in [0.4, 0.5) is 4.39 Å². The molecule has 0 aromatic heterocycles. The van der Waals surface area contributed by atoms with Crippen molar-refractivity contribution in [2.75, 3.05) is 13.7 Å². The quantitative estimate of drug-likeness (QED) is 0.779. The third-order valence-corrected chi connectivity index (χ3v) is 2.40. The minimum absolute atomic E-state index is 0.155. The molecule has 0 spiro atoms. The zero-order valence-corrected chi connectivity index (χ0v) is 9.29. The molecule has 0 fully saturated rings. The van der Waals surface area contributed by atoms with Crippen molar-refractivity contribution in [3.63, 3.8) is 0 Å². The zero-order chi connectivity index (χ0) is 11.1.